The van der Waals surface area contributed by atoms with Gasteiger partial charge in [-0.1, -0.05) is 13.0 Å². The number of rotatable bonds is 5. The van der Waals surface area contributed by atoms with Crippen molar-refractivity contribution in [1.82, 2.24) is 0 Å². The van der Waals surface area contributed by atoms with E-state index in [0.717, 1.165) is 17.1 Å². The lowest BCUT2D eigenvalue weighted by atomic mass is 9.93. The van der Waals surface area contributed by atoms with Gasteiger partial charge in [0.25, 0.3) is 0 Å². The van der Waals surface area contributed by atoms with Crippen molar-refractivity contribution >= 4 is 23.4 Å². The molecule has 1 aliphatic rings. The van der Waals surface area contributed by atoms with Crippen molar-refractivity contribution in [3.05, 3.63) is 23.8 Å². The van der Waals surface area contributed by atoms with Gasteiger partial charge in [-0.25, -0.2) is 4.79 Å². The van der Waals surface area contributed by atoms with Crippen molar-refractivity contribution in [3.63, 3.8) is 0 Å². The predicted octanol–water partition coefficient (Wildman–Crippen LogP) is 3.48. The molecule has 0 saturated carbocycles. The summed E-state index contributed by atoms with van der Waals surface area (Å²) < 4.78 is 5.60. The average Bonchev–Trinajstić information content (AvgIpc) is 2.69. The van der Waals surface area contributed by atoms with Crippen LogP contribution in [0.15, 0.2) is 23.1 Å². The molecule has 110 valence electrons. The summed E-state index contributed by atoms with van der Waals surface area (Å²) in [6, 6.07) is 5.59. The van der Waals surface area contributed by atoms with Gasteiger partial charge in [0.15, 0.2) is 0 Å². The van der Waals surface area contributed by atoms with E-state index in [0.29, 0.717) is 17.9 Å². The van der Waals surface area contributed by atoms with E-state index in [2.05, 4.69) is 12.2 Å². The predicted molar refractivity (Wildman–Crippen MR) is 81.9 cm³/mol. The number of ether oxygens (including phenoxy) is 1. The van der Waals surface area contributed by atoms with Gasteiger partial charge in [-0.3, -0.25) is 0 Å². The zero-order valence-electron chi connectivity index (χ0n) is 12.1. The van der Waals surface area contributed by atoms with E-state index < -0.39 is 5.97 Å². The fourth-order valence-electron chi connectivity index (χ4n) is 2.44. The maximum atomic E-state index is 11.6. The van der Waals surface area contributed by atoms with E-state index in [9.17, 15) is 9.90 Å². The molecule has 2 rings (SSSR count). The zero-order chi connectivity index (χ0) is 14.8. The summed E-state index contributed by atoms with van der Waals surface area (Å²) in [4.78, 5) is 12.4. The molecule has 2 atom stereocenters. The molecule has 0 amide bonds. The molecule has 0 bridgehead atoms. The fraction of sp³-hybridized carbons (Fsp3) is 0.533. The average molecular weight is 295 g/mol. The second kappa shape index (κ2) is 6.06. The smallest absolute Gasteiger partial charge is 0.338 e. The molecule has 1 aromatic rings. The normalized spacial score (nSPS) is 25.6. The zero-order valence-corrected chi connectivity index (χ0v) is 12.9. The Hall–Kier alpha value is -1.20. The number of hydrogen-bond donors (Lipinski definition) is 2. The highest BCUT2D eigenvalue weighted by Crippen LogP contribution is 2.34. The third kappa shape index (κ3) is 2.94. The van der Waals surface area contributed by atoms with Crippen LogP contribution in [-0.2, 0) is 4.74 Å². The number of nitrogens with one attached hydrogen (secondary N) is 1. The molecule has 0 spiro atoms. The Morgan fingerprint density at radius 2 is 2.35 bits per heavy atom. The summed E-state index contributed by atoms with van der Waals surface area (Å²) in [5, 5.41) is 12.9. The van der Waals surface area contributed by atoms with E-state index in [1.54, 1.807) is 11.8 Å². The molecular weight excluding hydrogens is 274 g/mol. The highest BCUT2D eigenvalue weighted by molar-refractivity contribution is 7.99. The number of carboxylic acid groups (broad SMARTS) is 1. The number of anilines is 1. The maximum Gasteiger partial charge on any atom is 0.338 e. The molecule has 1 fully saturated rings. The van der Waals surface area contributed by atoms with Gasteiger partial charge in [0.2, 0.25) is 0 Å². The molecule has 2 unspecified atom stereocenters. The Labute approximate surface area is 123 Å². The SMILES string of the molecule is CCSc1cccc(NC2(C)CCOC2C)c1C(=O)O. The van der Waals surface area contributed by atoms with Crippen molar-refractivity contribution < 1.29 is 14.6 Å². The Bertz CT molecular complexity index is 506. The molecule has 0 radical (unpaired) electrons. The molecule has 4 nitrogen and oxygen atoms in total. The summed E-state index contributed by atoms with van der Waals surface area (Å²) in [6.07, 6.45) is 0.935. The van der Waals surface area contributed by atoms with Crippen LogP contribution in [0, 0.1) is 0 Å². The molecule has 1 heterocycles. The van der Waals surface area contributed by atoms with Crippen LogP contribution in [0.3, 0.4) is 0 Å². The maximum absolute atomic E-state index is 11.6. The van der Waals surface area contributed by atoms with E-state index in [1.165, 1.54) is 0 Å². The van der Waals surface area contributed by atoms with Gasteiger partial charge in [-0.05, 0) is 38.2 Å². The van der Waals surface area contributed by atoms with Crippen molar-refractivity contribution in [1.29, 1.82) is 0 Å². The Morgan fingerprint density at radius 1 is 1.60 bits per heavy atom. The van der Waals surface area contributed by atoms with Crippen molar-refractivity contribution in [2.45, 2.75) is 43.7 Å². The van der Waals surface area contributed by atoms with Gasteiger partial charge in [-0.2, -0.15) is 0 Å². The van der Waals surface area contributed by atoms with Crippen LogP contribution >= 0.6 is 11.8 Å². The lowest BCUT2D eigenvalue weighted by Gasteiger charge is -2.31. The number of aromatic carboxylic acids is 1. The Morgan fingerprint density at radius 3 is 2.90 bits per heavy atom. The minimum Gasteiger partial charge on any atom is -0.478 e. The number of carboxylic acids is 1. The highest BCUT2D eigenvalue weighted by atomic mass is 32.2. The van der Waals surface area contributed by atoms with Gasteiger partial charge >= 0.3 is 5.97 Å². The van der Waals surface area contributed by atoms with Crippen LogP contribution in [0.5, 0.6) is 0 Å². The molecule has 1 aromatic carbocycles. The van der Waals surface area contributed by atoms with Crippen LogP contribution in [0.25, 0.3) is 0 Å². The molecule has 1 aliphatic heterocycles. The van der Waals surface area contributed by atoms with Crippen LogP contribution in [0.1, 0.15) is 37.6 Å². The summed E-state index contributed by atoms with van der Waals surface area (Å²) in [7, 11) is 0. The van der Waals surface area contributed by atoms with Crippen LogP contribution in [0.4, 0.5) is 5.69 Å². The number of thioether (sulfide) groups is 1. The summed E-state index contributed by atoms with van der Waals surface area (Å²) in [6.45, 7) is 6.82. The van der Waals surface area contributed by atoms with Gasteiger partial charge in [0.1, 0.15) is 0 Å². The second-order valence-electron chi connectivity index (χ2n) is 5.22. The molecular formula is C15H21NO3S. The largest absolute Gasteiger partial charge is 0.478 e. The summed E-state index contributed by atoms with van der Waals surface area (Å²) in [5.41, 5.74) is 0.815. The van der Waals surface area contributed by atoms with Gasteiger partial charge in [0.05, 0.1) is 22.9 Å². The molecule has 0 aromatic heterocycles. The lowest BCUT2D eigenvalue weighted by molar-refractivity contribution is 0.0693. The quantitative estimate of drug-likeness (QED) is 0.815. The molecule has 1 saturated heterocycles. The monoisotopic (exact) mass is 295 g/mol. The fourth-order valence-corrected chi connectivity index (χ4v) is 3.27. The van der Waals surface area contributed by atoms with Crippen molar-refractivity contribution in [3.8, 4) is 0 Å². The van der Waals surface area contributed by atoms with E-state index in [-0.39, 0.29) is 11.6 Å². The first-order chi connectivity index (χ1) is 9.48. The number of benzene rings is 1. The number of hydrogen-bond acceptors (Lipinski definition) is 4. The van der Waals surface area contributed by atoms with E-state index >= 15 is 0 Å². The number of carbonyl (C=O) groups is 1. The molecule has 0 aliphatic carbocycles. The van der Waals surface area contributed by atoms with Gasteiger partial charge < -0.3 is 15.2 Å². The Kier molecular flexibility index (Phi) is 4.60. The first-order valence-electron chi connectivity index (χ1n) is 6.87. The first kappa shape index (κ1) is 15.2. The van der Waals surface area contributed by atoms with Crippen molar-refractivity contribution in [2.75, 3.05) is 17.7 Å². The summed E-state index contributed by atoms with van der Waals surface area (Å²) >= 11 is 1.55. The topological polar surface area (TPSA) is 58.6 Å². The highest BCUT2D eigenvalue weighted by Gasteiger charge is 2.37. The van der Waals surface area contributed by atoms with Crippen LogP contribution < -0.4 is 5.32 Å². The summed E-state index contributed by atoms with van der Waals surface area (Å²) in [5.74, 6) is -0.0419. The van der Waals surface area contributed by atoms with E-state index in [1.807, 2.05) is 32.0 Å². The Balaban J connectivity index is 2.36. The second-order valence-corrected chi connectivity index (χ2v) is 6.53. The first-order valence-corrected chi connectivity index (χ1v) is 7.85. The third-order valence-corrected chi connectivity index (χ3v) is 4.79. The minimum atomic E-state index is -0.890. The standard InChI is InChI=1S/C15H21NO3S/c1-4-20-12-7-5-6-11(13(12)14(17)18)16-15(3)8-9-19-10(15)2/h5-7,10,16H,4,8-9H2,1-3H3,(H,17,18). The van der Waals surface area contributed by atoms with Gasteiger partial charge in [-0.15, -0.1) is 11.8 Å². The van der Waals surface area contributed by atoms with Crippen LogP contribution in [-0.4, -0.2) is 35.1 Å². The van der Waals surface area contributed by atoms with E-state index in [4.69, 9.17) is 4.74 Å². The minimum absolute atomic E-state index is 0.0617. The lowest BCUT2D eigenvalue weighted by Crippen LogP contribution is -2.41. The molecule has 2 N–H and O–H groups in total. The third-order valence-electron chi connectivity index (χ3n) is 3.85. The van der Waals surface area contributed by atoms with Crippen molar-refractivity contribution in [2.24, 2.45) is 0 Å². The molecule has 20 heavy (non-hydrogen) atoms. The van der Waals surface area contributed by atoms with Crippen LogP contribution in [0.2, 0.25) is 0 Å². The molecule has 5 heteroatoms. The van der Waals surface area contributed by atoms with Gasteiger partial charge in [0, 0.05) is 11.5 Å².